The van der Waals surface area contributed by atoms with E-state index in [-0.39, 0.29) is 39.0 Å². The van der Waals surface area contributed by atoms with Crippen LogP contribution in [-0.2, 0) is 35.8 Å². The Balaban J connectivity index is -0.000000187. The molecule has 0 N–H and O–H groups in total. The standard InChI is InChI=1S/2C16H32O2.2C3H7O.Zr/c2*1-2-3-4-5-6-7-8-9-10-11-12-13-14-15-16(17)18;2*1-3(2)4;/h2*2-15H2,1H3,(H,17,18);2*3H,1-2H3;/q;;2*-1;+4/p-2. The normalized spacial score (nSPS) is 10.2. The Morgan fingerprint density at radius 3 is 0.644 bits per heavy atom. The third kappa shape index (κ3) is 86.2. The number of unbranched alkanes of at least 4 members (excludes halogenated alkanes) is 24. The summed E-state index contributed by atoms with van der Waals surface area (Å²) in [4.78, 5) is 20.4. The third-order valence-electron chi connectivity index (χ3n) is 6.97. The number of rotatable bonds is 28. The van der Waals surface area contributed by atoms with E-state index in [0.717, 1.165) is 25.7 Å². The zero-order valence-electron chi connectivity index (χ0n) is 30.9. The van der Waals surface area contributed by atoms with Crippen molar-refractivity contribution in [1.82, 2.24) is 0 Å². The Morgan fingerprint density at radius 1 is 0.378 bits per heavy atom. The minimum Gasteiger partial charge on any atom is -0.852 e. The van der Waals surface area contributed by atoms with E-state index in [4.69, 9.17) is 0 Å². The first-order valence-electron chi connectivity index (χ1n) is 18.7. The molecule has 6 nitrogen and oxygen atoms in total. The smallest absolute Gasteiger partial charge is 0.852 e. The molecule has 0 unspecified atom stereocenters. The topological polar surface area (TPSA) is 126 Å². The van der Waals surface area contributed by atoms with Crippen LogP contribution in [0.5, 0.6) is 0 Å². The van der Waals surface area contributed by atoms with E-state index in [1.807, 2.05) is 0 Å². The minimum absolute atomic E-state index is 0. The van der Waals surface area contributed by atoms with Gasteiger partial charge in [-0.25, -0.2) is 0 Å². The molecule has 45 heavy (non-hydrogen) atoms. The second-order valence-corrected chi connectivity index (χ2v) is 12.8. The van der Waals surface area contributed by atoms with E-state index in [1.54, 1.807) is 27.7 Å². The molecule has 0 spiro atoms. The summed E-state index contributed by atoms with van der Waals surface area (Å²) in [7, 11) is 0. The fourth-order valence-electron chi connectivity index (χ4n) is 4.57. The molecule has 0 aliphatic carbocycles. The predicted octanol–water partition coefficient (Wildman–Crippen LogP) is 7.94. The molecule has 0 aliphatic rings. The number of carbonyl (C=O) groups excluding carboxylic acids is 2. The van der Waals surface area contributed by atoms with Crippen LogP contribution in [0.3, 0.4) is 0 Å². The van der Waals surface area contributed by atoms with E-state index in [2.05, 4.69) is 13.8 Å². The summed E-state index contributed by atoms with van der Waals surface area (Å²) in [6.07, 6.45) is 33.0. The molecule has 0 amide bonds. The molecule has 0 rings (SSSR count). The summed E-state index contributed by atoms with van der Waals surface area (Å²) in [5.41, 5.74) is 0. The molecule has 0 atom stereocenters. The maximum atomic E-state index is 10.2. The molecule has 0 aromatic rings. The van der Waals surface area contributed by atoms with Crippen LogP contribution in [0.1, 0.15) is 221 Å². The van der Waals surface area contributed by atoms with Crippen LogP contribution < -0.4 is 20.4 Å². The molecule has 0 heterocycles. The van der Waals surface area contributed by atoms with Gasteiger partial charge in [0.25, 0.3) is 0 Å². The van der Waals surface area contributed by atoms with E-state index >= 15 is 0 Å². The van der Waals surface area contributed by atoms with Crippen molar-refractivity contribution in [2.24, 2.45) is 0 Å². The zero-order valence-corrected chi connectivity index (χ0v) is 33.4. The van der Waals surface area contributed by atoms with Gasteiger partial charge >= 0.3 is 26.2 Å². The molecule has 0 aromatic carbocycles. The number of carboxylic acid groups (broad SMARTS) is 2. The number of aliphatic carboxylic acids is 2. The molecule has 268 valence electrons. The van der Waals surface area contributed by atoms with Crippen molar-refractivity contribution in [3.05, 3.63) is 0 Å². The second-order valence-electron chi connectivity index (χ2n) is 12.8. The Hall–Kier alpha value is -0.257. The molecule has 7 heteroatoms. The molecule has 0 aliphatic heterocycles. The van der Waals surface area contributed by atoms with Crippen molar-refractivity contribution in [3.8, 4) is 0 Å². The van der Waals surface area contributed by atoms with Crippen LogP contribution in [-0.4, -0.2) is 24.1 Å². The van der Waals surface area contributed by atoms with Gasteiger partial charge in [-0.05, 0) is 25.7 Å². The van der Waals surface area contributed by atoms with E-state index < -0.39 is 24.1 Å². The molecule has 0 saturated carbocycles. The third-order valence-corrected chi connectivity index (χ3v) is 6.97. The van der Waals surface area contributed by atoms with Crippen molar-refractivity contribution in [1.29, 1.82) is 0 Å². The SMILES string of the molecule is CC(C)[O-].CC(C)[O-].CCCCCCCCCCCCCCCC(=O)[O-].CCCCCCCCCCCCCCCC(=O)[O-].[Zr+4]. The minimum atomic E-state index is -0.905. The van der Waals surface area contributed by atoms with Crippen molar-refractivity contribution in [3.63, 3.8) is 0 Å². The summed E-state index contributed by atoms with van der Waals surface area (Å²) >= 11 is 0. The first-order chi connectivity index (χ1) is 21.0. The summed E-state index contributed by atoms with van der Waals surface area (Å²) in [6.45, 7) is 11.0. The van der Waals surface area contributed by atoms with E-state index in [0.29, 0.717) is 0 Å². The maximum absolute atomic E-state index is 10.2. The monoisotopic (exact) mass is 718 g/mol. The zero-order chi connectivity index (χ0) is 34.1. The number of carbonyl (C=O) groups is 2. The van der Waals surface area contributed by atoms with Crippen LogP contribution in [0.15, 0.2) is 0 Å². The Morgan fingerprint density at radius 2 is 0.511 bits per heavy atom. The molecule has 0 bridgehead atoms. The van der Waals surface area contributed by atoms with Crippen LogP contribution in [0.25, 0.3) is 0 Å². The van der Waals surface area contributed by atoms with Gasteiger partial charge in [-0.15, -0.1) is 12.2 Å². The average molecular weight is 720 g/mol. The van der Waals surface area contributed by atoms with Gasteiger partial charge in [0.1, 0.15) is 0 Å². The Kier molecular flexibility index (Phi) is 60.9. The Labute approximate surface area is 300 Å². The number of hydrogen-bond acceptors (Lipinski definition) is 6. The summed E-state index contributed by atoms with van der Waals surface area (Å²) in [5.74, 6) is -1.81. The van der Waals surface area contributed by atoms with Gasteiger partial charge in [0.15, 0.2) is 0 Å². The second kappa shape index (κ2) is 50.6. The van der Waals surface area contributed by atoms with Gasteiger partial charge in [-0.2, -0.15) is 0 Å². The van der Waals surface area contributed by atoms with Crippen LogP contribution in [0.4, 0.5) is 0 Å². The fourth-order valence-corrected chi connectivity index (χ4v) is 4.57. The predicted molar refractivity (Wildman–Crippen MR) is 181 cm³/mol. The molecular formula is C38H76O6Zr. The summed E-state index contributed by atoms with van der Waals surface area (Å²) in [6, 6.07) is 0. The molecular weight excluding hydrogens is 644 g/mol. The van der Waals surface area contributed by atoms with Crippen LogP contribution >= 0.6 is 0 Å². The molecule has 0 aromatic heterocycles. The Bertz CT molecular complexity index is 477. The van der Waals surface area contributed by atoms with Gasteiger partial charge in [-0.1, -0.05) is 196 Å². The van der Waals surface area contributed by atoms with Crippen molar-refractivity contribution < 1.29 is 56.2 Å². The molecule has 0 saturated heterocycles. The van der Waals surface area contributed by atoms with Crippen LogP contribution in [0.2, 0.25) is 0 Å². The van der Waals surface area contributed by atoms with Gasteiger partial charge in [0.2, 0.25) is 0 Å². The first kappa shape index (κ1) is 54.2. The van der Waals surface area contributed by atoms with Gasteiger partial charge in [0.05, 0.1) is 0 Å². The fraction of sp³-hybridized carbons (Fsp3) is 0.947. The van der Waals surface area contributed by atoms with Gasteiger partial charge in [-0.3, -0.25) is 0 Å². The summed E-state index contributed by atoms with van der Waals surface area (Å²) in [5, 5.41) is 39.4. The van der Waals surface area contributed by atoms with Crippen molar-refractivity contribution >= 4 is 11.9 Å². The summed E-state index contributed by atoms with van der Waals surface area (Å²) < 4.78 is 0. The maximum Gasteiger partial charge on any atom is 4.00 e. The first-order valence-corrected chi connectivity index (χ1v) is 18.7. The van der Waals surface area contributed by atoms with Gasteiger partial charge in [0, 0.05) is 11.9 Å². The van der Waals surface area contributed by atoms with Crippen LogP contribution in [0, 0.1) is 0 Å². The average Bonchev–Trinajstić information content (AvgIpc) is 2.93. The number of carboxylic acids is 2. The van der Waals surface area contributed by atoms with Crippen molar-refractivity contribution in [2.45, 2.75) is 234 Å². The van der Waals surface area contributed by atoms with Gasteiger partial charge < -0.3 is 30.0 Å². The molecule has 0 fully saturated rings. The van der Waals surface area contributed by atoms with E-state index in [9.17, 15) is 30.0 Å². The number of hydrogen-bond donors (Lipinski definition) is 0. The quantitative estimate of drug-likeness (QED) is 0.0756. The van der Waals surface area contributed by atoms with Crippen molar-refractivity contribution in [2.75, 3.05) is 0 Å². The largest absolute Gasteiger partial charge is 4.00 e. The molecule has 0 radical (unpaired) electrons. The van der Waals surface area contributed by atoms with E-state index in [1.165, 1.54) is 141 Å².